The van der Waals surface area contributed by atoms with Crippen molar-refractivity contribution in [2.75, 3.05) is 0 Å². The molecule has 1 rings (SSSR count). The quantitative estimate of drug-likeness (QED) is 0.657. The van der Waals surface area contributed by atoms with Crippen molar-refractivity contribution in [1.29, 1.82) is 0 Å². The lowest BCUT2D eigenvalue weighted by atomic mass is 10.2. The average Bonchev–Trinajstić information content (AvgIpc) is 2.22. The van der Waals surface area contributed by atoms with Gasteiger partial charge in [0.15, 0.2) is 0 Å². The Bertz CT molecular complexity index is 294. The summed E-state index contributed by atoms with van der Waals surface area (Å²) in [5.41, 5.74) is 1.30. The number of hydrogen-bond donors (Lipinski definition) is 0. The number of hydrogen-bond acceptors (Lipinski definition) is 1. The molecule has 1 aromatic rings. The molecule has 3 radical (unpaired) electrons. The maximum absolute atomic E-state index is 11.1. The second-order valence-electron chi connectivity index (χ2n) is 2.52. The number of aryl methyl sites for hydroxylation is 2. The molecule has 0 fully saturated rings. The molecule has 0 aliphatic rings. The molecular formula is C11H19BNO. The zero-order valence-corrected chi connectivity index (χ0v) is 9.58. The van der Waals surface area contributed by atoms with Gasteiger partial charge in [0.25, 0.3) is 5.56 Å². The van der Waals surface area contributed by atoms with Gasteiger partial charge in [0.1, 0.15) is 0 Å². The molecule has 0 saturated carbocycles. The topological polar surface area (TPSA) is 22.0 Å². The van der Waals surface area contributed by atoms with E-state index in [0.29, 0.717) is 0 Å². The fourth-order valence-corrected chi connectivity index (χ4v) is 1.04. The molecule has 0 saturated heterocycles. The highest BCUT2D eigenvalue weighted by molar-refractivity contribution is 5.75. The van der Waals surface area contributed by atoms with Gasteiger partial charge >= 0.3 is 0 Å². The van der Waals surface area contributed by atoms with Crippen molar-refractivity contribution in [3.63, 3.8) is 0 Å². The largest absolute Gasteiger partial charge is 0.316 e. The van der Waals surface area contributed by atoms with Gasteiger partial charge in [-0.1, -0.05) is 26.8 Å². The molecule has 2 nitrogen and oxygen atoms in total. The van der Waals surface area contributed by atoms with E-state index >= 15 is 0 Å². The van der Waals surface area contributed by atoms with Crippen LogP contribution in [-0.2, 0) is 13.0 Å². The summed E-state index contributed by atoms with van der Waals surface area (Å²) >= 11 is 0. The van der Waals surface area contributed by atoms with Crippen molar-refractivity contribution in [2.24, 2.45) is 0 Å². The molecule has 0 aliphatic heterocycles. The Kier molecular flexibility index (Phi) is 9.52. The van der Waals surface area contributed by atoms with Gasteiger partial charge in [0.2, 0.25) is 0 Å². The third-order valence-electron chi connectivity index (χ3n) is 1.79. The van der Waals surface area contributed by atoms with E-state index in [4.69, 9.17) is 0 Å². The van der Waals surface area contributed by atoms with Crippen LogP contribution in [0.4, 0.5) is 0 Å². The lowest BCUT2D eigenvalue weighted by Crippen LogP contribution is -2.17. The molecule has 0 N–H and O–H groups in total. The fraction of sp³-hybridized carbons (Fsp3) is 0.545. The normalized spacial score (nSPS) is 8.29. The highest BCUT2D eigenvalue weighted by atomic mass is 16.1. The Labute approximate surface area is 88.5 Å². The van der Waals surface area contributed by atoms with Crippen LogP contribution in [0, 0.1) is 0 Å². The summed E-state index contributed by atoms with van der Waals surface area (Å²) in [7, 11) is 0. The van der Waals surface area contributed by atoms with Gasteiger partial charge in [-0.25, -0.2) is 0 Å². The highest BCUT2D eigenvalue weighted by Gasteiger charge is 1.93. The first-order chi connectivity index (χ1) is 6.27. The summed E-state index contributed by atoms with van der Waals surface area (Å²) in [4.78, 5) is 11.1. The van der Waals surface area contributed by atoms with Crippen LogP contribution in [0.15, 0.2) is 23.1 Å². The predicted octanol–water partition coefficient (Wildman–Crippen LogP) is 2.08. The minimum absolute atomic E-state index is 0. The summed E-state index contributed by atoms with van der Waals surface area (Å²) in [5.74, 6) is 0. The average molecular weight is 192 g/mol. The third-order valence-corrected chi connectivity index (χ3v) is 1.79. The van der Waals surface area contributed by atoms with E-state index in [-0.39, 0.29) is 14.0 Å². The van der Waals surface area contributed by atoms with E-state index in [1.165, 1.54) is 5.56 Å². The van der Waals surface area contributed by atoms with Gasteiger partial charge in [0, 0.05) is 27.2 Å². The predicted molar refractivity (Wildman–Crippen MR) is 62.9 cm³/mol. The van der Waals surface area contributed by atoms with Crippen molar-refractivity contribution in [3.05, 3.63) is 34.2 Å². The first-order valence-corrected chi connectivity index (χ1v) is 4.97. The zero-order chi connectivity index (χ0) is 10.3. The summed E-state index contributed by atoms with van der Waals surface area (Å²) in [6, 6.07) is 3.51. The van der Waals surface area contributed by atoms with E-state index < -0.39 is 0 Å². The molecule has 3 heteroatoms. The van der Waals surface area contributed by atoms with Crippen molar-refractivity contribution in [2.45, 2.75) is 40.7 Å². The van der Waals surface area contributed by atoms with Crippen molar-refractivity contribution < 1.29 is 0 Å². The molecule has 0 bridgehead atoms. The van der Waals surface area contributed by atoms with E-state index in [1.807, 2.05) is 33.0 Å². The van der Waals surface area contributed by atoms with Crippen LogP contribution in [0.3, 0.4) is 0 Å². The molecular weight excluding hydrogens is 173 g/mol. The minimum atomic E-state index is 0. The minimum Gasteiger partial charge on any atom is -0.316 e. The van der Waals surface area contributed by atoms with Gasteiger partial charge in [-0.3, -0.25) is 4.79 Å². The third kappa shape index (κ3) is 4.31. The van der Waals surface area contributed by atoms with E-state index in [2.05, 4.69) is 6.92 Å². The Morgan fingerprint density at radius 2 is 1.79 bits per heavy atom. The van der Waals surface area contributed by atoms with Crippen LogP contribution in [-0.4, -0.2) is 13.0 Å². The highest BCUT2D eigenvalue weighted by Crippen LogP contribution is 1.95. The van der Waals surface area contributed by atoms with Crippen LogP contribution < -0.4 is 5.56 Å². The molecule has 0 aromatic carbocycles. The molecule has 1 heterocycles. The summed E-state index contributed by atoms with van der Waals surface area (Å²) < 4.78 is 1.72. The van der Waals surface area contributed by atoms with Gasteiger partial charge in [-0.2, -0.15) is 0 Å². The van der Waals surface area contributed by atoms with Crippen LogP contribution in [0.2, 0.25) is 0 Å². The van der Waals surface area contributed by atoms with Crippen LogP contribution in [0.1, 0.15) is 33.3 Å². The lowest BCUT2D eigenvalue weighted by molar-refractivity contribution is 0.719. The van der Waals surface area contributed by atoms with Crippen molar-refractivity contribution in [3.8, 4) is 0 Å². The molecule has 77 valence electrons. The Morgan fingerprint density at radius 3 is 2.21 bits per heavy atom. The standard InChI is InChI=1S/C9H13NO.C2H6.B/c1-3-8-5-6-9(11)10(4-2)7-8;1-2;/h5-7H,3-4H2,1-2H3;1-2H3;. The van der Waals surface area contributed by atoms with Crippen LogP contribution >= 0.6 is 0 Å². The second-order valence-corrected chi connectivity index (χ2v) is 2.52. The van der Waals surface area contributed by atoms with Gasteiger partial charge in [0.05, 0.1) is 0 Å². The summed E-state index contributed by atoms with van der Waals surface area (Å²) in [5, 5.41) is 0. The Morgan fingerprint density at radius 1 is 1.21 bits per heavy atom. The van der Waals surface area contributed by atoms with Gasteiger partial charge in [-0.15, -0.1) is 0 Å². The van der Waals surface area contributed by atoms with E-state index in [1.54, 1.807) is 10.6 Å². The molecule has 0 aliphatic carbocycles. The number of rotatable bonds is 2. The first-order valence-electron chi connectivity index (χ1n) is 4.97. The number of pyridine rings is 1. The van der Waals surface area contributed by atoms with Crippen molar-refractivity contribution in [1.82, 2.24) is 4.57 Å². The molecule has 1 aromatic heterocycles. The van der Waals surface area contributed by atoms with Crippen LogP contribution in [0.25, 0.3) is 0 Å². The van der Waals surface area contributed by atoms with E-state index in [0.717, 1.165) is 13.0 Å². The number of nitrogens with zero attached hydrogens (tertiary/aromatic N) is 1. The maximum atomic E-state index is 11.1. The molecule has 0 spiro atoms. The SMILES string of the molecule is CC.CCc1ccc(=O)n(CC)c1.[B]. The first kappa shape index (κ1) is 15.5. The molecule has 0 unspecified atom stereocenters. The summed E-state index contributed by atoms with van der Waals surface area (Å²) in [6.07, 6.45) is 2.91. The molecule has 14 heavy (non-hydrogen) atoms. The Balaban J connectivity index is 0. The summed E-state index contributed by atoms with van der Waals surface area (Å²) in [6.45, 7) is 8.81. The lowest BCUT2D eigenvalue weighted by Gasteiger charge is -2.02. The second kappa shape index (κ2) is 8.61. The Hall–Kier alpha value is -0.985. The van der Waals surface area contributed by atoms with E-state index in [9.17, 15) is 4.79 Å². The number of aromatic nitrogens is 1. The van der Waals surface area contributed by atoms with Gasteiger partial charge in [-0.05, 0) is 18.9 Å². The van der Waals surface area contributed by atoms with Crippen LogP contribution in [0.5, 0.6) is 0 Å². The van der Waals surface area contributed by atoms with Crippen molar-refractivity contribution >= 4 is 8.41 Å². The smallest absolute Gasteiger partial charge is 0.250 e. The molecule has 0 amide bonds. The van der Waals surface area contributed by atoms with Gasteiger partial charge < -0.3 is 4.57 Å². The maximum Gasteiger partial charge on any atom is 0.250 e. The monoisotopic (exact) mass is 192 g/mol. The molecule has 0 atom stereocenters. The zero-order valence-electron chi connectivity index (χ0n) is 9.58. The fourth-order valence-electron chi connectivity index (χ4n) is 1.04.